The molecule has 0 amide bonds. The van der Waals surface area contributed by atoms with Crippen LogP contribution in [-0.2, 0) is 14.3 Å². The number of ether oxygens (including phenoxy) is 2. The Morgan fingerprint density at radius 1 is 1.18 bits per heavy atom. The largest absolute Gasteiger partial charge is 0.468 e. The molecule has 8 heteroatoms. The highest BCUT2D eigenvalue weighted by Gasteiger charge is 2.44. The maximum absolute atomic E-state index is 12.7. The fourth-order valence-corrected chi connectivity index (χ4v) is 4.62. The highest BCUT2D eigenvalue weighted by Crippen LogP contribution is 2.31. The molecule has 2 heterocycles. The van der Waals surface area contributed by atoms with Crippen LogP contribution in [0.15, 0.2) is 16.7 Å². The van der Waals surface area contributed by atoms with Crippen molar-refractivity contribution in [3.8, 4) is 0 Å². The zero-order valence-electron chi connectivity index (χ0n) is 16.5. The van der Waals surface area contributed by atoms with E-state index in [1.807, 2.05) is 4.90 Å². The maximum Gasteiger partial charge on any atom is 0.341 e. The normalized spacial score (nSPS) is 19.9. The van der Waals surface area contributed by atoms with Gasteiger partial charge in [0.2, 0.25) is 0 Å². The highest BCUT2D eigenvalue weighted by atomic mass is 79.9. The fraction of sp³-hybridized carbons (Fsp3) is 0.650. The quantitative estimate of drug-likeness (QED) is 0.685. The number of pyridine rings is 1. The lowest BCUT2D eigenvalue weighted by atomic mass is 9.84. The van der Waals surface area contributed by atoms with Gasteiger partial charge in [-0.3, -0.25) is 10.1 Å². The topological polar surface area (TPSA) is 80.8 Å². The molecule has 1 aromatic rings. The van der Waals surface area contributed by atoms with Crippen LogP contribution in [0.3, 0.4) is 0 Å². The minimum atomic E-state index is -0.673. The summed E-state index contributed by atoms with van der Waals surface area (Å²) in [6.45, 7) is 1.21. The summed E-state index contributed by atoms with van der Waals surface area (Å²) in [5, 5.41) is 3.63. The summed E-state index contributed by atoms with van der Waals surface area (Å²) >= 11 is 3.36. The molecule has 1 aliphatic carbocycles. The Morgan fingerprint density at radius 3 is 2.46 bits per heavy atom. The van der Waals surface area contributed by atoms with Crippen molar-refractivity contribution < 1.29 is 19.1 Å². The molecule has 28 heavy (non-hydrogen) atoms. The lowest BCUT2D eigenvalue weighted by molar-refractivity contribution is -0.150. The van der Waals surface area contributed by atoms with Crippen LogP contribution in [0.2, 0.25) is 0 Å². The van der Waals surface area contributed by atoms with E-state index in [9.17, 15) is 9.59 Å². The summed E-state index contributed by atoms with van der Waals surface area (Å²) in [4.78, 5) is 31.3. The number of hydrogen-bond donors (Lipinski definition) is 1. The molecule has 3 rings (SSSR count). The third-order valence-electron chi connectivity index (χ3n) is 5.82. The standard InChI is InChI=1S/C20H28BrN3O4/c1-27-18(25)16-12-14(21)13-22-17(16)24-10-8-20(9-11-24,19(26)28-2)23-15-6-4-3-5-7-15/h12-13,15,23H,3-11H2,1-2H3. The van der Waals surface area contributed by atoms with Crippen molar-refractivity contribution in [2.24, 2.45) is 0 Å². The Kier molecular flexibility index (Phi) is 6.93. The molecule has 0 spiro atoms. The van der Waals surface area contributed by atoms with Crippen LogP contribution < -0.4 is 10.2 Å². The minimum Gasteiger partial charge on any atom is -0.468 e. The first-order valence-electron chi connectivity index (χ1n) is 9.84. The molecule has 1 N–H and O–H groups in total. The van der Waals surface area contributed by atoms with Crippen molar-refractivity contribution in [1.29, 1.82) is 0 Å². The van der Waals surface area contributed by atoms with Gasteiger partial charge in [-0.2, -0.15) is 0 Å². The molecular formula is C20H28BrN3O4. The molecule has 154 valence electrons. The van der Waals surface area contributed by atoms with E-state index < -0.39 is 11.5 Å². The molecule has 2 fully saturated rings. The average Bonchev–Trinajstić information content (AvgIpc) is 2.74. The van der Waals surface area contributed by atoms with Gasteiger partial charge in [0.15, 0.2) is 0 Å². The number of carbonyl (C=O) groups is 2. The molecule has 0 atom stereocenters. The molecule has 1 aromatic heterocycles. The van der Waals surface area contributed by atoms with Gasteiger partial charge in [0.05, 0.1) is 14.2 Å². The number of nitrogens with zero attached hydrogens (tertiary/aromatic N) is 2. The van der Waals surface area contributed by atoms with Gasteiger partial charge in [-0.05, 0) is 47.7 Å². The number of carbonyl (C=O) groups excluding carboxylic acids is 2. The van der Waals surface area contributed by atoms with E-state index in [1.165, 1.54) is 33.5 Å². The molecule has 2 aliphatic rings. The summed E-state index contributed by atoms with van der Waals surface area (Å²) in [6, 6.07) is 2.08. The third-order valence-corrected chi connectivity index (χ3v) is 6.25. The van der Waals surface area contributed by atoms with Gasteiger partial charge in [-0.1, -0.05) is 19.3 Å². The highest BCUT2D eigenvalue weighted by molar-refractivity contribution is 9.10. The molecule has 1 saturated heterocycles. The van der Waals surface area contributed by atoms with E-state index in [-0.39, 0.29) is 5.97 Å². The molecule has 1 saturated carbocycles. The predicted molar refractivity (Wildman–Crippen MR) is 109 cm³/mol. The molecule has 7 nitrogen and oxygen atoms in total. The summed E-state index contributed by atoms with van der Waals surface area (Å²) in [5.74, 6) is -0.0326. The van der Waals surface area contributed by atoms with Crippen LogP contribution in [0, 0.1) is 0 Å². The number of esters is 2. The summed E-state index contributed by atoms with van der Waals surface area (Å²) in [7, 11) is 2.81. The Labute approximate surface area is 174 Å². The molecule has 0 bridgehead atoms. The SMILES string of the molecule is COC(=O)c1cc(Br)cnc1N1CCC(NC2CCCCC2)(C(=O)OC)CC1. The minimum absolute atomic E-state index is 0.199. The average molecular weight is 454 g/mol. The van der Waals surface area contributed by atoms with E-state index in [1.54, 1.807) is 12.3 Å². The van der Waals surface area contributed by atoms with Crippen LogP contribution in [-0.4, -0.2) is 55.8 Å². The second kappa shape index (κ2) is 9.22. The van der Waals surface area contributed by atoms with E-state index in [0.717, 1.165) is 17.3 Å². The summed E-state index contributed by atoms with van der Waals surface area (Å²) in [5.41, 5.74) is -0.253. The van der Waals surface area contributed by atoms with E-state index in [2.05, 4.69) is 26.2 Å². The van der Waals surface area contributed by atoms with Gasteiger partial charge in [0.25, 0.3) is 0 Å². The van der Waals surface area contributed by atoms with Crippen molar-refractivity contribution in [2.75, 3.05) is 32.2 Å². The third kappa shape index (κ3) is 4.49. The van der Waals surface area contributed by atoms with Gasteiger partial charge in [0, 0.05) is 29.8 Å². The smallest absolute Gasteiger partial charge is 0.341 e. The number of rotatable bonds is 5. The van der Waals surface area contributed by atoms with Gasteiger partial charge in [0.1, 0.15) is 16.9 Å². The second-order valence-electron chi connectivity index (χ2n) is 7.56. The Balaban J connectivity index is 1.77. The van der Waals surface area contributed by atoms with Crippen molar-refractivity contribution in [1.82, 2.24) is 10.3 Å². The van der Waals surface area contributed by atoms with Crippen molar-refractivity contribution in [2.45, 2.75) is 56.5 Å². The van der Waals surface area contributed by atoms with Crippen molar-refractivity contribution >= 4 is 33.7 Å². The number of halogens is 1. The van der Waals surface area contributed by atoms with Crippen LogP contribution in [0.1, 0.15) is 55.3 Å². The summed E-state index contributed by atoms with van der Waals surface area (Å²) < 4.78 is 10.8. The van der Waals surface area contributed by atoms with E-state index in [4.69, 9.17) is 9.47 Å². The Hall–Kier alpha value is -1.67. The first-order valence-corrected chi connectivity index (χ1v) is 10.6. The fourth-order valence-electron chi connectivity index (χ4n) is 4.28. The summed E-state index contributed by atoms with van der Waals surface area (Å²) in [6.07, 6.45) is 8.75. The van der Waals surface area contributed by atoms with Crippen molar-refractivity contribution in [3.05, 3.63) is 22.3 Å². The monoisotopic (exact) mass is 453 g/mol. The van der Waals surface area contributed by atoms with Crippen LogP contribution in [0.5, 0.6) is 0 Å². The molecule has 1 aliphatic heterocycles. The van der Waals surface area contributed by atoms with Crippen LogP contribution >= 0.6 is 15.9 Å². The number of piperidine rings is 1. The van der Waals surface area contributed by atoms with E-state index >= 15 is 0 Å². The van der Waals surface area contributed by atoms with E-state index in [0.29, 0.717) is 43.4 Å². The first-order chi connectivity index (χ1) is 13.5. The van der Waals surface area contributed by atoms with Gasteiger partial charge < -0.3 is 14.4 Å². The lowest BCUT2D eigenvalue weighted by Gasteiger charge is -2.43. The predicted octanol–water partition coefficient (Wildman–Crippen LogP) is 3.07. The Bertz CT molecular complexity index is 713. The van der Waals surface area contributed by atoms with Gasteiger partial charge >= 0.3 is 11.9 Å². The molecule has 0 unspecified atom stereocenters. The van der Waals surface area contributed by atoms with Crippen LogP contribution in [0.4, 0.5) is 5.82 Å². The second-order valence-corrected chi connectivity index (χ2v) is 8.47. The number of methoxy groups -OCH3 is 2. The molecular weight excluding hydrogens is 426 g/mol. The number of nitrogens with one attached hydrogen (secondary N) is 1. The van der Waals surface area contributed by atoms with Gasteiger partial charge in [-0.25, -0.2) is 9.78 Å². The van der Waals surface area contributed by atoms with Crippen molar-refractivity contribution in [3.63, 3.8) is 0 Å². The Morgan fingerprint density at radius 2 is 1.86 bits per heavy atom. The van der Waals surface area contributed by atoms with Gasteiger partial charge in [-0.15, -0.1) is 0 Å². The molecule has 0 radical (unpaired) electrons. The number of aromatic nitrogens is 1. The first kappa shape index (κ1) is 21.0. The zero-order chi connectivity index (χ0) is 20.1. The lowest BCUT2D eigenvalue weighted by Crippen LogP contribution is -2.61. The molecule has 0 aromatic carbocycles. The van der Waals surface area contributed by atoms with Crippen LogP contribution in [0.25, 0.3) is 0 Å². The number of hydrogen-bond acceptors (Lipinski definition) is 7. The zero-order valence-corrected chi connectivity index (χ0v) is 18.1. The number of anilines is 1. The maximum atomic E-state index is 12.7.